The Balaban J connectivity index is 2.09. The first-order valence-electron chi connectivity index (χ1n) is 13.4. The molecule has 0 saturated heterocycles. The first kappa shape index (κ1) is 33.5. The highest BCUT2D eigenvalue weighted by Crippen LogP contribution is 2.33. The molecule has 0 aliphatic carbocycles. The lowest BCUT2D eigenvalue weighted by Crippen LogP contribution is -2.52. The van der Waals surface area contributed by atoms with E-state index in [1.54, 1.807) is 56.3 Å². The van der Waals surface area contributed by atoms with Gasteiger partial charge in [-0.1, -0.05) is 59.9 Å². The van der Waals surface area contributed by atoms with Gasteiger partial charge in [0.1, 0.15) is 18.3 Å². The molecule has 3 aromatic rings. The molecule has 2 atom stereocenters. The van der Waals surface area contributed by atoms with Crippen molar-refractivity contribution < 1.29 is 22.7 Å². The zero-order valence-corrected chi connectivity index (χ0v) is 26.9. The molecule has 0 fully saturated rings. The third kappa shape index (κ3) is 8.31. The Kier molecular flexibility index (Phi) is 11.9. The second kappa shape index (κ2) is 15.0. The van der Waals surface area contributed by atoms with Gasteiger partial charge >= 0.3 is 0 Å². The van der Waals surface area contributed by atoms with Gasteiger partial charge in [0.05, 0.1) is 27.2 Å². The van der Waals surface area contributed by atoms with Gasteiger partial charge in [-0.15, -0.1) is 0 Å². The van der Waals surface area contributed by atoms with E-state index in [1.807, 2.05) is 13.8 Å². The molecule has 226 valence electrons. The number of rotatable bonds is 13. The zero-order chi connectivity index (χ0) is 31.0. The Labute approximate surface area is 262 Å². The summed E-state index contributed by atoms with van der Waals surface area (Å²) in [7, 11) is -4.29. The summed E-state index contributed by atoms with van der Waals surface area (Å²) in [5, 5.41) is 3.89. The summed E-state index contributed by atoms with van der Waals surface area (Å²) in [6, 6.07) is 16.0. The summed E-state index contributed by atoms with van der Waals surface area (Å²) >= 11 is 18.3. The maximum absolute atomic E-state index is 14.1. The number of anilines is 1. The van der Waals surface area contributed by atoms with Crippen molar-refractivity contribution in [2.75, 3.05) is 17.5 Å². The van der Waals surface area contributed by atoms with Gasteiger partial charge in [-0.3, -0.25) is 13.9 Å². The van der Waals surface area contributed by atoms with E-state index in [0.717, 1.165) is 4.31 Å². The van der Waals surface area contributed by atoms with Gasteiger partial charge < -0.3 is 15.0 Å². The van der Waals surface area contributed by atoms with Gasteiger partial charge in [-0.25, -0.2) is 8.42 Å². The fraction of sp³-hybridized carbons (Fsp3) is 0.333. The van der Waals surface area contributed by atoms with Crippen molar-refractivity contribution in [2.45, 2.75) is 57.6 Å². The molecule has 0 saturated carbocycles. The van der Waals surface area contributed by atoms with E-state index < -0.39 is 28.5 Å². The van der Waals surface area contributed by atoms with Crippen LogP contribution in [0.25, 0.3) is 0 Å². The number of hydrogen-bond donors (Lipinski definition) is 1. The van der Waals surface area contributed by atoms with Crippen LogP contribution >= 0.6 is 34.8 Å². The van der Waals surface area contributed by atoms with Crippen molar-refractivity contribution in [1.82, 2.24) is 10.2 Å². The molecule has 3 rings (SSSR count). The van der Waals surface area contributed by atoms with Crippen LogP contribution < -0.4 is 14.4 Å². The molecule has 3 aromatic carbocycles. The van der Waals surface area contributed by atoms with Crippen molar-refractivity contribution in [3.05, 3.63) is 87.4 Å². The maximum atomic E-state index is 14.1. The molecular formula is C30H34Cl3N3O5S. The molecule has 0 radical (unpaired) electrons. The second-order valence-corrected chi connectivity index (χ2v) is 12.7. The van der Waals surface area contributed by atoms with Crippen molar-refractivity contribution in [3.8, 4) is 5.75 Å². The molecule has 2 amide bonds. The first-order valence-corrected chi connectivity index (χ1v) is 16.0. The van der Waals surface area contributed by atoms with Crippen LogP contribution in [0.5, 0.6) is 5.75 Å². The molecule has 0 aromatic heterocycles. The van der Waals surface area contributed by atoms with Gasteiger partial charge in [0.25, 0.3) is 10.0 Å². The van der Waals surface area contributed by atoms with Crippen LogP contribution in [-0.2, 0) is 26.2 Å². The Morgan fingerprint density at radius 2 is 1.60 bits per heavy atom. The van der Waals surface area contributed by atoms with Crippen molar-refractivity contribution in [2.24, 2.45) is 0 Å². The number of nitrogens with zero attached hydrogens (tertiary/aromatic N) is 2. The third-order valence-electron chi connectivity index (χ3n) is 6.62. The number of halogens is 3. The number of benzene rings is 3. The summed E-state index contributed by atoms with van der Waals surface area (Å²) < 4.78 is 34.8. The van der Waals surface area contributed by atoms with Gasteiger partial charge in [-0.05, 0) is 81.3 Å². The molecule has 0 spiro atoms. The smallest absolute Gasteiger partial charge is 0.264 e. The minimum Gasteiger partial charge on any atom is -0.492 e. The lowest BCUT2D eigenvalue weighted by Gasteiger charge is -2.33. The van der Waals surface area contributed by atoms with Crippen LogP contribution in [0, 0.1) is 0 Å². The monoisotopic (exact) mass is 653 g/mol. The highest BCUT2D eigenvalue weighted by atomic mass is 35.5. The van der Waals surface area contributed by atoms with Gasteiger partial charge in [0, 0.05) is 17.6 Å². The molecule has 0 aliphatic heterocycles. The lowest BCUT2D eigenvalue weighted by atomic mass is 10.1. The predicted octanol–water partition coefficient (Wildman–Crippen LogP) is 6.57. The van der Waals surface area contributed by atoms with Crippen LogP contribution in [0.2, 0.25) is 15.1 Å². The molecule has 0 bridgehead atoms. The average Bonchev–Trinajstić information content (AvgIpc) is 2.96. The van der Waals surface area contributed by atoms with Crippen LogP contribution in [0.1, 0.15) is 39.7 Å². The Bertz CT molecular complexity index is 1500. The number of sulfonamides is 1. The molecule has 12 heteroatoms. The number of para-hydroxylation sites is 2. The van der Waals surface area contributed by atoms with Crippen LogP contribution in [0.4, 0.5) is 5.69 Å². The number of amides is 2. The summed E-state index contributed by atoms with van der Waals surface area (Å²) in [4.78, 5) is 28.6. The van der Waals surface area contributed by atoms with Crippen LogP contribution in [0.15, 0.2) is 71.6 Å². The van der Waals surface area contributed by atoms with Gasteiger partial charge in [0.15, 0.2) is 0 Å². The van der Waals surface area contributed by atoms with Crippen LogP contribution in [0.3, 0.4) is 0 Å². The van der Waals surface area contributed by atoms with Crippen LogP contribution in [-0.4, -0.2) is 50.4 Å². The van der Waals surface area contributed by atoms with Crippen molar-refractivity contribution in [3.63, 3.8) is 0 Å². The van der Waals surface area contributed by atoms with E-state index in [-0.39, 0.29) is 46.5 Å². The SMILES string of the molecule is CCOc1ccccc1N(CC(=O)N(Cc1ccc(Cl)c(Cl)c1)[C@H](C)C(=O)N[C@H](C)CC)S(=O)(=O)c1ccc(Cl)cc1. The molecule has 0 heterocycles. The first-order chi connectivity index (χ1) is 19.9. The Morgan fingerprint density at radius 1 is 0.929 bits per heavy atom. The number of hydrogen-bond acceptors (Lipinski definition) is 5. The summed E-state index contributed by atoms with van der Waals surface area (Å²) in [6.07, 6.45) is 0.695. The molecule has 8 nitrogen and oxygen atoms in total. The van der Waals surface area contributed by atoms with Crippen molar-refractivity contribution >= 4 is 62.3 Å². The molecule has 1 N–H and O–H groups in total. The number of carbonyl (C=O) groups is 2. The fourth-order valence-corrected chi connectivity index (χ4v) is 5.94. The summed E-state index contributed by atoms with van der Waals surface area (Å²) in [5.41, 5.74) is 0.789. The maximum Gasteiger partial charge on any atom is 0.264 e. The number of nitrogens with one attached hydrogen (secondary N) is 1. The molecule has 0 unspecified atom stereocenters. The highest BCUT2D eigenvalue weighted by molar-refractivity contribution is 7.92. The van der Waals surface area contributed by atoms with E-state index in [1.165, 1.54) is 29.2 Å². The number of carbonyl (C=O) groups excluding carboxylic acids is 2. The molecular weight excluding hydrogens is 621 g/mol. The van der Waals surface area contributed by atoms with Crippen molar-refractivity contribution in [1.29, 1.82) is 0 Å². The zero-order valence-electron chi connectivity index (χ0n) is 23.8. The normalized spacial score (nSPS) is 12.7. The van der Waals surface area contributed by atoms with Gasteiger partial charge in [0.2, 0.25) is 11.8 Å². The molecule has 0 aliphatic rings. The number of ether oxygens (including phenoxy) is 1. The fourth-order valence-electron chi connectivity index (χ4n) is 4.07. The highest BCUT2D eigenvalue weighted by Gasteiger charge is 2.34. The Morgan fingerprint density at radius 3 is 2.21 bits per heavy atom. The lowest BCUT2D eigenvalue weighted by molar-refractivity contribution is -0.139. The minimum absolute atomic E-state index is 0.0211. The molecule has 42 heavy (non-hydrogen) atoms. The second-order valence-electron chi connectivity index (χ2n) is 9.63. The van der Waals surface area contributed by atoms with Gasteiger partial charge in [-0.2, -0.15) is 0 Å². The minimum atomic E-state index is -4.29. The summed E-state index contributed by atoms with van der Waals surface area (Å²) in [6.45, 7) is 6.81. The van der Waals surface area contributed by atoms with E-state index in [2.05, 4.69) is 5.32 Å². The predicted molar refractivity (Wildman–Crippen MR) is 168 cm³/mol. The quantitative estimate of drug-likeness (QED) is 0.225. The van der Waals surface area contributed by atoms with E-state index in [9.17, 15) is 18.0 Å². The Hall–Kier alpha value is -2.98. The summed E-state index contributed by atoms with van der Waals surface area (Å²) in [5.74, 6) is -0.708. The standard InChI is InChI=1S/C30H34Cl3N3O5S/c1-5-20(3)34-30(38)21(4)35(18-22-11-16-25(32)26(33)17-22)29(37)19-36(27-9-7-8-10-28(27)41-6-2)42(39,40)24-14-12-23(31)13-15-24/h7-17,20-21H,5-6,18-19H2,1-4H3,(H,34,38)/t20-,21-/m1/s1. The average molecular weight is 655 g/mol. The van der Waals surface area contributed by atoms with E-state index in [4.69, 9.17) is 39.5 Å². The van der Waals surface area contributed by atoms with E-state index >= 15 is 0 Å². The van der Waals surface area contributed by atoms with E-state index in [0.29, 0.717) is 22.0 Å². The topological polar surface area (TPSA) is 96.0 Å². The third-order valence-corrected chi connectivity index (χ3v) is 9.38. The largest absolute Gasteiger partial charge is 0.492 e.